The van der Waals surface area contributed by atoms with Crippen molar-refractivity contribution in [1.82, 2.24) is 0 Å². The van der Waals surface area contributed by atoms with Crippen molar-refractivity contribution in [1.29, 1.82) is 0 Å². The van der Waals surface area contributed by atoms with E-state index < -0.39 is 33.4 Å². The minimum atomic E-state index is -5.58. The van der Waals surface area contributed by atoms with E-state index in [1.807, 2.05) is 0 Å². The van der Waals surface area contributed by atoms with E-state index in [4.69, 9.17) is 4.55 Å². The maximum atomic E-state index is 13.1. The standard InChI is InChI=1S/C9H14F2O5S/c1-6(9(10,11)17(13,14)15)16-8(12)7-4-2-3-5-7/h6-7H,2-5H2,1H3,(H,13,14,15). The fourth-order valence-corrected chi connectivity index (χ4v) is 2.18. The first kappa shape index (κ1) is 14.3. The molecular weight excluding hydrogens is 258 g/mol. The molecule has 0 saturated heterocycles. The largest absolute Gasteiger partial charge is 0.455 e. The fourth-order valence-electron chi connectivity index (χ4n) is 1.71. The Morgan fingerprint density at radius 2 is 1.88 bits per heavy atom. The van der Waals surface area contributed by atoms with Crippen molar-refractivity contribution in [3.8, 4) is 0 Å². The highest BCUT2D eigenvalue weighted by Crippen LogP contribution is 2.30. The van der Waals surface area contributed by atoms with Gasteiger partial charge in [-0.1, -0.05) is 12.8 Å². The van der Waals surface area contributed by atoms with Crippen molar-refractivity contribution in [2.75, 3.05) is 0 Å². The molecule has 1 N–H and O–H groups in total. The first-order valence-electron chi connectivity index (χ1n) is 5.21. The molecule has 0 amide bonds. The predicted molar refractivity (Wildman–Crippen MR) is 54.0 cm³/mol. The molecule has 5 nitrogen and oxygen atoms in total. The molecule has 1 aliphatic carbocycles. The molecule has 0 aliphatic heterocycles. The second-order valence-corrected chi connectivity index (χ2v) is 5.59. The second kappa shape index (κ2) is 4.85. The zero-order chi connectivity index (χ0) is 13.3. The van der Waals surface area contributed by atoms with E-state index in [0.29, 0.717) is 12.8 Å². The molecule has 1 aliphatic rings. The Morgan fingerprint density at radius 3 is 2.29 bits per heavy atom. The van der Waals surface area contributed by atoms with E-state index in [0.717, 1.165) is 19.8 Å². The Bertz CT molecular complexity index is 386. The second-order valence-electron chi connectivity index (χ2n) is 4.10. The van der Waals surface area contributed by atoms with Gasteiger partial charge in [0, 0.05) is 0 Å². The van der Waals surface area contributed by atoms with Gasteiger partial charge in [0.15, 0.2) is 6.10 Å². The third-order valence-corrected chi connectivity index (χ3v) is 3.82. The number of alkyl halides is 2. The van der Waals surface area contributed by atoms with Crippen molar-refractivity contribution >= 4 is 16.1 Å². The molecule has 0 bridgehead atoms. The number of hydrogen-bond acceptors (Lipinski definition) is 4. The summed E-state index contributed by atoms with van der Waals surface area (Å²) in [5.41, 5.74) is 0. The van der Waals surface area contributed by atoms with Gasteiger partial charge in [0.25, 0.3) is 0 Å². The minimum absolute atomic E-state index is 0.449. The van der Waals surface area contributed by atoms with Crippen LogP contribution in [-0.2, 0) is 19.6 Å². The van der Waals surface area contributed by atoms with Gasteiger partial charge in [0.1, 0.15) is 0 Å². The van der Waals surface area contributed by atoms with Gasteiger partial charge in [-0.25, -0.2) is 0 Å². The first-order chi connectivity index (χ1) is 7.66. The third kappa shape index (κ3) is 3.12. The number of halogens is 2. The van der Waals surface area contributed by atoms with Crippen LogP contribution in [0.3, 0.4) is 0 Å². The summed E-state index contributed by atoms with van der Waals surface area (Å²) in [6, 6.07) is 0. The highest BCUT2D eigenvalue weighted by atomic mass is 32.2. The Morgan fingerprint density at radius 1 is 1.41 bits per heavy atom. The third-order valence-electron chi connectivity index (χ3n) is 2.80. The zero-order valence-corrected chi connectivity index (χ0v) is 10.0. The van der Waals surface area contributed by atoms with E-state index in [1.165, 1.54) is 0 Å². The molecule has 100 valence electrons. The fraction of sp³-hybridized carbons (Fsp3) is 0.889. The maximum absolute atomic E-state index is 13.1. The number of carbonyl (C=O) groups is 1. The average molecular weight is 272 g/mol. The van der Waals surface area contributed by atoms with Gasteiger partial charge in [-0.3, -0.25) is 9.35 Å². The summed E-state index contributed by atoms with van der Waals surface area (Å²) in [7, 11) is -5.58. The Labute approximate surface area is 97.9 Å². The molecule has 0 aromatic heterocycles. The van der Waals surface area contributed by atoms with E-state index in [-0.39, 0.29) is 0 Å². The summed E-state index contributed by atoms with van der Waals surface area (Å²) >= 11 is 0. The molecule has 0 aromatic carbocycles. The number of rotatable bonds is 4. The van der Waals surface area contributed by atoms with E-state index in [9.17, 15) is 22.0 Å². The smallest absolute Gasteiger partial charge is 0.405 e. The summed E-state index contributed by atoms with van der Waals surface area (Å²) in [5, 5.41) is -4.48. The molecule has 1 saturated carbocycles. The molecular formula is C9H14F2O5S. The highest BCUT2D eigenvalue weighted by Gasteiger charge is 2.52. The molecule has 8 heteroatoms. The van der Waals surface area contributed by atoms with Crippen molar-refractivity contribution < 1.29 is 31.3 Å². The van der Waals surface area contributed by atoms with E-state index >= 15 is 0 Å². The molecule has 0 radical (unpaired) electrons. The van der Waals surface area contributed by atoms with E-state index in [1.54, 1.807) is 0 Å². The highest BCUT2D eigenvalue weighted by molar-refractivity contribution is 7.86. The molecule has 1 rings (SSSR count). The van der Waals surface area contributed by atoms with Crippen LogP contribution < -0.4 is 0 Å². The van der Waals surface area contributed by atoms with Crippen LogP contribution in [0.1, 0.15) is 32.6 Å². The van der Waals surface area contributed by atoms with Gasteiger partial charge in [0.2, 0.25) is 0 Å². The summed E-state index contributed by atoms with van der Waals surface area (Å²) < 4.78 is 59.7. The summed E-state index contributed by atoms with van der Waals surface area (Å²) in [4.78, 5) is 11.4. The van der Waals surface area contributed by atoms with Gasteiger partial charge in [-0.15, -0.1) is 0 Å². The molecule has 0 spiro atoms. The van der Waals surface area contributed by atoms with Crippen molar-refractivity contribution in [2.24, 2.45) is 5.92 Å². The summed E-state index contributed by atoms with van der Waals surface area (Å²) in [6.45, 7) is 0.737. The predicted octanol–water partition coefficient (Wildman–Crippen LogP) is 1.59. The van der Waals surface area contributed by atoms with Crippen LogP contribution in [0.4, 0.5) is 8.78 Å². The van der Waals surface area contributed by atoms with Gasteiger partial charge in [0.05, 0.1) is 5.92 Å². The van der Waals surface area contributed by atoms with Crippen LogP contribution in [0.2, 0.25) is 0 Å². The zero-order valence-electron chi connectivity index (χ0n) is 9.23. The topological polar surface area (TPSA) is 80.7 Å². The number of hydrogen-bond donors (Lipinski definition) is 1. The van der Waals surface area contributed by atoms with Gasteiger partial charge >= 0.3 is 21.3 Å². The van der Waals surface area contributed by atoms with Gasteiger partial charge < -0.3 is 4.74 Å². The Balaban J connectivity index is 2.65. The van der Waals surface area contributed by atoms with E-state index in [2.05, 4.69) is 4.74 Å². The summed E-state index contributed by atoms with van der Waals surface area (Å²) in [5.74, 6) is -1.28. The monoisotopic (exact) mass is 272 g/mol. The Hall–Kier alpha value is -0.760. The minimum Gasteiger partial charge on any atom is -0.455 e. The normalized spacial score (nSPS) is 20.2. The molecule has 0 heterocycles. The number of carbonyl (C=O) groups excluding carboxylic acids is 1. The lowest BCUT2D eigenvalue weighted by Gasteiger charge is -2.22. The molecule has 1 fully saturated rings. The molecule has 1 atom stereocenters. The lowest BCUT2D eigenvalue weighted by atomic mass is 10.1. The van der Waals surface area contributed by atoms with Crippen molar-refractivity contribution in [3.05, 3.63) is 0 Å². The molecule has 0 aromatic rings. The molecule has 1 unspecified atom stereocenters. The lowest BCUT2D eigenvalue weighted by molar-refractivity contribution is -0.164. The lowest BCUT2D eigenvalue weighted by Crippen LogP contribution is -2.42. The van der Waals surface area contributed by atoms with Crippen LogP contribution >= 0.6 is 0 Å². The summed E-state index contributed by atoms with van der Waals surface area (Å²) in [6.07, 6.45) is 0.558. The number of esters is 1. The van der Waals surface area contributed by atoms with Gasteiger partial charge in [-0.2, -0.15) is 17.2 Å². The first-order valence-corrected chi connectivity index (χ1v) is 6.65. The quantitative estimate of drug-likeness (QED) is 0.621. The van der Waals surface area contributed by atoms with Crippen LogP contribution in [-0.4, -0.2) is 30.3 Å². The molecule has 17 heavy (non-hydrogen) atoms. The van der Waals surface area contributed by atoms with Crippen LogP contribution in [0.5, 0.6) is 0 Å². The van der Waals surface area contributed by atoms with Crippen LogP contribution in [0, 0.1) is 5.92 Å². The van der Waals surface area contributed by atoms with Crippen LogP contribution in [0.25, 0.3) is 0 Å². The maximum Gasteiger partial charge on any atom is 0.405 e. The van der Waals surface area contributed by atoms with Crippen molar-refractivity contribution in [2.45, 2.75) is 44.0 Å². The SMILES string of the molecule is CC(OC(=O)C1CCCC1)C(F)(F)S(=O)(=O)O. The average Bonchev–Trinajstić information content (AvgIpc) is 2.68. The van der Waals surface area contributed by atoms with Gasteiger partial charge in [-0.05, 0) is 19.8 Å². The van der Waals surface area contributed by atoms with Crippen LogP contribution in [0.15, 0.2) is 0 Å². The Kier molecular flexibility index (Phi) is 4.08. The number of ether oxygens (including phenoxy) is 1. The van der Waals surface area contributed by atoms with Crippen molar-refractivity contribution in [3.63, 3.8) is 0 Å².